The van der Waals surface area contributed by atoms with Gasteiger partial charge in [0.1, 0.15) is 0 Å². The van der Waals surface area contributed by atoms with Gasteiger partial charge in [0, 0.05) is 21.6 Å². The Kier molecular flexibility index (Phi) is 3.75. The van der Waals surface area contributed by atoms with Crippen molar-refractivity contribution >= 4 is 32.4 Å². The van der Waals surface area contributed by atoms with Crippen molar-refractivity contribution < 1.29 is 0 Å². The van der Waals surface area contributed by atoms with E-state index in [1.165, 1.54) is 22.0 Å². The van der Waals surface area contributed by atoms with Crippen LogP contribution in [0.15, 0.2) is 71.2 Å². The fourth-order valence-corrected chi connectivity index (χ4v) is 3.12. The highest BCUT2D eigenvalue weighted by Gasteiger charge is 2.09. The minimum Gasteiger partial charge on any atom is -0.378 e. The summed E-state index contributed by atoms with van der Waals surface area (Å²) in [5.74, 6) is 0. The molecular weight excluding hydrogens is 310 g/mol. The Labute approximate surface area is 127 Å². The van der Waals surface area contributed by atoms with Gasteiger partial charge in [-0.1, -0.05) is 70.5 Å². The zero-order chi connectivity index (χ0) is 13.9. The van der Waals surface area contributed by atoms with Crippen LogP contribution in [0.25, 0.3) is 10.8 Å². The van der Waals surface area contributed by atoms with E-state index in [2.05, 4.69) is 88.8 Å². The third-order valence-corrected chi connectivity index (χ3v) is 4.26. The lowest BCUT2D eigenvalue weighted by molar-refractivity contribution is 0.881. The van der Waals surface area contributed by atoms with Crippen molar-refractivity contribution in [1.29, 1.82) is 0 Å². The molecule has 20 heavy (non-hydrogen) atoms. The lowest BCUT2D eigenvalue weighted by Gasteiger charge is -2.18. The van der Waals surface area contributed by atoms with E-state index in [0.717, 1.165) is 4.47 Å². The van der Waals surface area contributed by atoms with E-state index in [-0.39, 0.29) is 6.04 Å². The molecule has 2 heteroatoms. The van der Waals surface area contributed by atoms with Gasteiger partial charge in [-0.05, 0) is 30.0 Å². The molecular formula is C18H16BrN. The van der Waals surface area contributed by atoms with Gasteiger partial charge < -0.3 is 5.32 Å². The normalized spacial score (nSPS) is 12.3. The van der Waals surface area contributed by atoms with Gasteiger partial charge in [-0.3, -0.25) is 0 Å². The predicted molar refractivity (Wildman–Crippen MR) is 90.1 cm³/mol. The minimum atomic E-state index is 0.247. The number of hydrogen-bond donors (Lipinski definition) is 1. The fourth-order valence-electron chi connectivity index (χ4n) is 2.49. The molecule has 0 aliphatic rings. The Bertz CT molecular complexity index is 731. The van der Waals surface area contributed by atoms with Crippen LogP contribution in [0, 0.1) is 0 Å². The van der Waals surface area contributed by atoms with Crippen LogP contribution in [0.4, 0.5) is 5.69 Å². The molecule has 0 aliphatic heterocycles. The standard InChI is InChI=1S/C18H16BrN/c1-13(15-9-4-5-11-17(15)19)20-18-12-6-8-14-7-2-3-10-16(14)18/h2-13,20H,1H3. The molecule has 0 heterocycles. The second kappa shape index (κ2) is 5.68. The van der Waals surface area contributed by atoms with E-state index >= 15 is 0 Å². The molecule has 0 radical (unpaired) electrons. The highest BCUT2D eigenvalue weighted by Crippen LogP contribution is 2.29. The third-order valence-electron chi connectivity index (χ3n) is 3.53. The van der Waals surface area contributed by atoms with Gasteiger partial charge in [-0.15, -0.1) is 0 Å². The Balaban J connectivity index is 1.96. The molecule has 0 saturated heterocycles. The van der Waals surface area contributed by atoms with Crippen LogP contribution >= 0.6 is 15.9 Å². The van der Waals surface area contributed by atoms with Gasteiger partial charge in [0.2, 0.25) is 0 Å². The summed E-state index contributed by atoms with van der Waals surface area (Å²) in [6, 6.07) is 23.4. The van der Waals surface area contributed by atoms with E-state index in [1.54, 1.807) is 0 Å². The largest absolute Gasteiger partial charge is 0.378 e. The summed E-state index contributed by atoms with van der Waals surface area (Å²) >= 11 is 3.62. The quantitative estimate of drug-likeness (QED) is 0.644. The molecule has 100 valence electrons. The van der Waals surface area contributed by atoms with Crippen molar-refractivity contribution in [3.05, 3.63) is 76.8 Å². The number of anilines is 1. The smallest absolute Gasteiger partial charge is 0.0497 e. The van der Waals surface area contributed by atoms with Gasteiger partial charge in [0.15, 0.2) is 0 Å². The van der Waals surface area contributed by atoms with Gasteiger partial charge in [0.05, 0.1) is 0 Å². The minimum absolute atomic E-state index is 0.247. The number of fused-ring (bicyclic) bond motifs is 1. The molecule has 0 aliphatic carbocycles. The molecule has 0 aromatic heterocycles. The van der Waals surface area contributed by atoms with Crippen LogP contribution in [0.5, 0.6) is 0 Å². The van der Waals surface area contributed by atoms with Crippen LogP contribution in [-0.2, 0) is 0 Å². The van der Waals surface area contributed by atoms with Gasteiger partial charge in [-0.25, -0.2) is 0 Å². The van der Waals surface area contributed by atoms with Crippen LogP contribution < -0.4 is 5.32 Å². The van der Waals surface area contributed by atoms with E-state index in [4.69, 9.17) is 0 Å². The summed E-state index contributed by atoms with van der Waals surface area (Å²) in [5, 5.41) is 6.13. The molecule has 0 amide bonds. The Morgan fingerprint density at radius 2 is 1.55 bits per heavy atom. The first-order valence-electron chi connectivity index (χ1n) is 6.74. The average Bonchev–Trinajstić information content (AvgIpc) is 2.48. The first kappa shape index (κ1) is 13.2. The number of benzene rings is 3. The van der Waals surface area contributed by atoms with E-state index < -0.39 is 0 Å². The molecule has 0 saturated carbocycles. The summed E-state index contributed by atoms with van der Waals surface area (Å²) in [7, 11) is 0. The first-order chi connectivity index (χ1) is 9.75. The predicted octanol–water partition coefficient (Wildman–Crippen LogP) is 5.78. The summed E-state index contributed by atoms with van der Waals surface area (Å²) in [6.07, 6.45) is 0. The Morgan fingerprint density at radius 1 is 0.850 bits per heavy atom. The second-order valence-corrected chi connectivity index (χ2v) is 5.77. The van der Waals surface area contributed by atoms with E-state index in [1.807, 2.05) is 6.07 Å². The molecule has 1 unspecified atom stereocenters. The third kappa shape index (κ3) is 2.56. The van der Waals surface area contributed by atoms with Crippen LogP contribution in [0.2, 0.25) is 0 Å². The summed E-state index contributed by atoms with van der Waals surface area (Å²) in [4.78, 5) is 0. The second-order valence-electron chi connectivity index (χ2n) is 4.91. The monoisotopic (exact) mass is 325 g/mol. The van der Waals surface area contributed by atoms with Crippen LogP contribution in [-0.4, -0.2) is 0 Å². The molecule has 0 bridgehead atoms. The number of rotatable bonds is 3. The van der Waals surface area contributed by atoms with Crippen molar-refractivity contribution in [3.8, 4) is 0 Å². The highest BCUT2D eigenvalue weighted by molar-refractivity contribution is 9.10. The van der Waals surface area contributed by atoms with E-state index in [0.29, 0.717) is 0 Å². The zero-order valence-corrected chi connectivity index (χ0v) is 12.9. The number of nitrogens with one attached hydrogen (secondary N) is 1. The molecule has 1 N–H and O–H groups in total. The molecule has 3 aromatic carbocycles. The maximum absolute atomic E-state index is 3.62. The van der Waals surface area contributed by atoms with Crippen LogP contribution in [0.3, 0.4) is 0 Å². The highest BCUT2D eigenvalue weighted by atomic mass is 79.9. The van der Waals surface area contributed by atoms with Crippen molar-refractivity contribution in [1.82, 2.24) is 0 Å². The fraction of sp³-hybridized carbons (Fsp3) is 0.111. The van der Waals surface area contributed by atoms with Gasteiger partial charge >= 0.3 is 0 Å². The maximum Gasteiger partial charge on any atom is 0.0497 e. The number of hydrogen-bond acceptors (Lipinski definition) is 1. The Hall–Kier alpha value is -1.80. The van der Waals surface area contributed by atoms with Gasteiger partial charge in [0.25, 0.3) is 0 Å². The SMILES string of the molecule is CC(Nc1cccc2ccccc12)c1ccccc1Br. The zero-order valence-electron chi connectivity index (χ0n) is 11.3. The summed E-state index contributed by atoms with van der Waals surface area (Å²) in [5.41, 5.74) is 2.44. The Morgan fingerprint density at radius 3 is 2.40 bits per heavy atom. The molecule has 0 spiro atoms. The van der Waals surface area contributed by atoms with Crippen molar-refractivity contribution in [3.63, 3.8) is 0 Å². The topological polar surface area (TPSA) is 12.0 Å². The summed E-state index contributed by atoms with van der Waals surface area (Å²) < 4.78 is 1.14. The lowest BCUT2D eigenvalue weighted by atomic mass is 10.1. The van der Waals surface area contributed by atoms with E-state index in [9.17, 15) is 0 Å². The van der Waals surface area contributed by atoms with Gasteiger partial charge in [-0.2, -0.15) is 0 Å². The van der Waals surface area contributed by atoms with Crippen molar-refractivity contribution in [2.75, 3.05) is 5.32 Å². The summed E-state index contributed by atoms with van der Waals surface area (Å²) in [6.45, 7) is 2.18. The maximum atomic E-state index is 3.62. The van der Waals surface area contributed by atoms with Crippen molar-refractivity contribution in [2.45, 2.75) is 13.0 Å². The average molecular weight is 326 g/mol. The van der Waals surface area contributed by atoms with Crippen molar-refractivity contribution in [2.24, 2.45) is 0 Å². The molecule has 3 aromatic rings. The molecule has 0 fully saturated rings. The lowest BCUT2D eigenvalue weighted by Crippen LogP contribution is -2.07. The molecule has 3 rings (SSSR count). The van der Waals surface area contributed by atoms with Crippen LogP contribution in [0.1, 0.15) is 18.5 Å². The first-order valence-corrected chi connectivity index (χ1v) is 7.54. The molecule has 1 atom stereocenters. The number of halogens is 1. The molecule has 1 nitrogen and oxygen atoms in total.